The summed E-state index contributed by atoms with van der Waals surface area (Å²) < 4.78 is 5.38. The number of hydrogen-bond acceptors (Lipinski definition) is 1. The van der Waals surface area contributed by atoms with Crippen molar-refractivity contribution < 1.29 is 4.74 Å². The Bertz CT molecular complexity index is 199. The summed E-state index contributed by atoms with van der Waals surface area (Å²) in [6.07, 6.45) is 4.82. The monoisotopic (exact) mass is 210 g/mol. The van der Waals surface area contributed by atoms with Crippen molar-refractivity contribution in [3.8, 4) is 0 Å². The lowest BCUT2D eigenvalue weighted by Gasteiger charge is -2.07. The number of ether oxygens (including phenoxy) is 1. The summed E-state index contributed by atoms with van der Waals surface area (Å²) in [4.78, 5) is 0. The van der Waals surface area contributed by atoms with Crippen LogP contribution in [0.1, 0.15) is 41.0 Å². The number of rotatable bonds is 6. The summed E-state index contributed by atoms with van der Waals surface area (Å²) in [5.74, 6) is 1.39. The van der Waals surface area contributed by atoms with Gasteiger partial charge in [0, 0.05) is 0 Å². The molecule has 0 aliphatic rings. The van der Waals surface area contributed by atoms with Gasteiger partial charge >= 0.3 is 0 Å². The number of hydrogen-bond donors (Lipinski definition) is 0. The molecule has 0 amide bonds. The molecule has 0 saturated heterocycles. The van der Waals surface area contributed by atoms with Gasteiger partial charge in [-0.15, -0.1) is 0 Å². The van der Waals surface area contributed by atoms with Crippen LogP contribution in [0.25, 0.3) is 0 Å². The van der Waals surface area contributed by atoms with E-state index in [1.807, 2.05) is 32.9 Å². The van der Waals surface area contributed by atoms with Crippen molar-refractivity contribution in [2.24, 2.45) is 5.92 Å². The van der Waals surface area contributed by atoms with Crippen LogP contribution in [0.15, 0.2) is 36.6 Å². The summed E-state index contributed by atoms with van der Waals surface area (Å²) in [5.41, 5.74) is 1.01. The van der Waals surface area contributed by atoms with Crippen LogP contribution >= 0.6 is 0 Å². The fraction of sp³-hybridized carbons (Fsp3) is 0.571. The van der Waals surface area contributed by atoms with Crippen molar-refractivity contribution in [1.82, 2.24) is 0 Å². The molecule has 0 fully saturated rings. The van der Waals surface area contributed by atoms with E-state index in [2.05, 4.69) is 27.0 Å². The first-order valence-electron chi connectivity index (χ1n) is 5.67. The van der Waals surface area contributed by atoms with E-state index in [0.717, 1.165) is 18.6 Å². The summed E-state index contributed by atoms with van der Waals surface area (Å²) in [6, 6.07) is 0. The average molecular weight is 210 g/mol. The van der Waals surface area contributed by atoms with Gasteiger partial charge in [0.2, 0.25) is 0 Å². The fourth-order valence-corrected chi connectivity index (χ4v) is 0.709. The highest BCUT2D eigenvalue weighted by Gasteiger charge is 1.94. The highest BCUT2D eigenvalue weighted by Crippen LogP contribution is 2.04. The molecule has 0 radical (unpaired) electrons. The largest absolute Gasteiger partial charge is 0.494 e. The molecule has 0 aliphatic carbocycles. The third-order valence-corrected chi connectivity index (χ3v) is 1.54. The van der Waals surface area contributed by atoms with E-state index in [1.165, 1.54) is 0 Å². The van der Waals surface area contributed by atoms with Gasteiger partial charge in [0.05, 0.1) is 6.61 Å². The zero-order valence-electron chi connectivity index (χ0n) is 11.0. The van der Waals surface area contributed by atoms with Gasteiger partial charge in [0.25, 0.3) is 0 Å². The maximum absolute atomic E-state index is 5.38. The van der Waals surface area contributed by atoms with Crippen LogP contribution in [0.5, 0.6) is 0 Å². The first-order chi connectivity index (χ1) is 7.02. The summed E-state index contributed by atoms with van der Waals surface area (Å²) >= 11 is 0. The summed E-state index contributed by atoms with van der Waals surface area (Å²) in [7, 11) is 0. The van der Waals surface area contributed by atoms with Crippen LogP contribution in [-0.2, 0) is 4.74 Å². The van der Waals surface area contributed by atoms with Crippen molar-refractivity contribution in [3.05, 3.63) is 36.6 Å². The second-order valence-electron chi connectivity index (χ2n) is 3.68. The van der Waals surface area contributed by atoms with E-state index in [9.17, 15) is 0 Å². The predicted molar refractivity (Wildman–Crippen MR) is 69.8 cm³/mol. The third kappa shape index (κ3) is 15.7. The topological polar surface area (TPSA) is 9.23 Å². The van der Waals surface area contributed by atoms with Crippen molar-refractivity contribution >= 4 is 0 Å². The van der Waals surface area contributed by atoms with Gasteiger partial charge in [-0.25, -0.2) is 0 Å². The first kappa shape index (κ1) is 16.4. The van der Waals surface area contributed by atoms with Gasteiger partial charge in [-0.2, -0.15) is 0 Å². The lowest BCUT2D eigenvalue weighted by molar-refractivity contribution is 0.208. The molecule has 0 bridgehead atoms. The van der Waals surface area contributed by atoms with Crippen LogP contribution in [-0.4, -0.2) is 6.61 Å². The Balaban J connectivity index is 0. The highest BCUT2D eigenvalue weighted by molar-refractivity contribution is 5.19. The highest BCUT2D eigenvalue weighted by atomic mass is 16.5. The Kier molecular flexibility index (Phi) is 12.2. The third-order valence-electron chi connectivity index (χ3n) is 1.54. The molecule has 0 aromatic rings. The van der Waals surface area contributed by atoms with Gasteiger partial charge in [-0.3, -0.25) is 0 Å². The van der Waals surface area contributed by atoms with Crippen LogP contribution in [0.4, 0.5) is 0 Å². The van der Waals surface area contributed by atoms with Crippen molar-refractivity contribution in [2.45, 2.75) is 41.0 Å². The van der Waals surface area contributed by atoms with E-state index in [4.69, 9.17) is 4.74 Å². The molecule has 88 valence electrons. The van der Waals surface area contributed by atoms with E-state index in [-0.39, 0.29) is 0 Å². The van der Waals surface area contributed by atoms with Crippen LogP contribution in [0, 0.1) is 5.92 Å². The second kappa shape index (κ2) is 11.1. The second-order valence-corrected chi connectivity index (χ2v) is 3.68. The van der Waals surface area contributed by atoms with Crippen molar-refractivity contribution in [2.75, 3.05) is 6.61 Å². The number of allylic oxidation sites excluding steroid dienone is 3. The van der Waals surface area contributed by atoms with E-state index >= 15 is 0 Å². The molecule has 0 rings (SSSR count). The molecule has 0 spiro atoms. The van der Waals surface area contributed by atoms with Gasteiger partial charge in [-0.05, 0) is 25.3 Å². The molecular weight excluding hydrogens is 184 g/mol. The molecule has 1 nitrogen and oxygen atoms in total. The average Bonchev–Trinajstić information content (AvgIpc) is 2.17. The molecule has 1 heteroatoms. The molecule has 15 heavy (non-hydrogen) atoms. The van der Waals surface area contributed by atoms with Gasteiger partial charge < -0.3 is 4.74 Å². The zero-order valence-corrected chi connectivity index (χ0v) is 11.0. The molecule has 0 unspecified atom stereocenters. The van der Waals surface area contributed by atoms with Crippen LogP contribution in [0.2, 0.25) is 0 Å². The van der Waals surface area contributed by atoms with Gasteiger partial charge in [0.1, 0.15) is 5.76 Å². The molecule has 0 heterocycles. The van der Waals surface area contributed by atoms with Crippen LogP contribution < -0.4 is 0 Å². The van der Waals surface area contributed by atoms with E-state index in [0.29, 0.717) is 11.7 Å². The fourth-order valence-electron chi connectivity index (χ4n) is 0.709. The van der Waals surface area contributed by atoms with Crippen LogP contribution in [0.3, 0.4) is 0 Å². The van der Waals surface area contributed by atoms with Crippen molar-refractivity contribution in [1.29, 1.82) is 0 Å². The van der Waals surface area contributed by atoms with Gasteiger partial charge in [0.15, 0.2) is 0 Å². The molecular formula is C14H26O. The Morgan fingerprint density at radius 3 is 2.13 bits per heavy atom. The summed E-state index contributed by atoms with van der Waals surface area (Å²) in [5, 5.41) is 0. The minimum atomic E-state index is 0.679. The Morgan fingerprint density at radius 2 is 1.73 bits per heavy atom. The smallest absolute Gasteiger partial charge is 0.112 e. The SMILES string of the molecule is C=C(C)/C=C\C(=C)OCCC(C)C.CC. The maximum atomic E-state index is 5.38. The summed E-state index contributed by atoms with van der Waals surface area (Å²) in [6.45, 7) is 18.6. The lowest BCUT2D eigenvalue weighted by atomic mass is 10.1. The Labute approximate surface area is 95.5 Å². The predicted octanol–water partition coefficient (Wildman–Crippen LogP) is 4.72. The van der Waals surface area contributed by atoms with Gasteiger partial charge in [-0.1, -0.05) is 52.5 Å². The molecule has 0 atom stereocenters. The van der Waals surface area contributed by atoms with E-state index < -0.39 is 0 Å². The Hall–Kier alpha value is -0.980. The minimum absolute atomic E-state index is 0.679. The Morgan fingerprint density at radius 1 is 1.20 bits per heavy atom. The standard InChI is InChI=1S/C12H20O.C2H6/c1-10(2)6-7-12(5)13-9-8-11(3)4;1-2/h6-7,11H,1,5,8-9H2,2-4H3;1-2H3/b7-6-;. The van der Waals surface area contributed by atoms with Crippen molar-refractivity contribution in [3.63, 3.8) is 0 Å². The minimum Gasteiger partial charge on any atom is -0.494 e. The normalized spacial score (nSPS) is 9.73. The molecule has 0 aliphatic heterocycles. The molecule has 0 aromatic heterocycles. The lowest BCUT2D eigenvalue weighted by Crippen LogP contribution is -1.97. The molecule has 0 saturated carbocycles. The molecule has 0 aromatic carbocycles. The maximum Gasteiger partial charge on any atom is 0.112 e. The molecule has 0 N–H and O–H groups in total. The van der Waals surface area contributed by atoms with E-state index in [1.54, 1.807) is 0 Å². The first-order valence-corrected chi connectivity index (χ1v) is 5.67. The zero-order chi connectivity index (χ0) is 12.3. The quantitative estimate of drug-likeness (QED) is 0.455.